The summed E-state index contributed by atoms with van der Waals surface area (Å²) in [5.41, 5.74) is 11.1. The number of nitrogens with zero attached hydrogens (tertiary/aromatic N) is 1. The van der Waals surface area contributed by atoms with E-state index in [1.807, 2.05) is 101 Å². The molecule has 790 valence electrons. The number of primary amides is 1. The van der Waals surface area contributed by atoms with Crippen molar-refractivity contribution >= 4 is 120 Å². The number of rotatable bonds is 43. The van der Waals surface area contributed by atoms with Gasteiger partial charge in [-0.05, 0) is 165 Å². The van der Waals surface area contributed by atoms with Crippen LogP contribution in [0.5, 0.6) is 17.2 Å². The summed E-state index contributed by atoms with van der Waals surface area (Å²) in [5, 5.41) is 77.0. The second-order valence-corrected chi connectivity index (χ2v) is 40.5. The molecule has 3 aliphatic carbocycles. The molecule has 146 heavy (non-hydrogen) atoms. The number of alkyl carbamates (subject to hydrolysis) is 2. The lowest BCUT2D eigenvalue weighted by atomic mass is 9.75. The Kier molecular flexibility index (Phi) is 42.2. The lowest BCUT2D eigenvalue weighted by molar-refractivity contribution is -0.337. The number of urea groups is 1. The Morgan fingerprint density at radius 3 is 2.02 bits per heavy atom. The number of unbranched alkanes of at least 4 members (excludes halogenated alkanes) is 1. The fourth-order valence-electron chi connectivity index (χ4n) is 18.1. The molecule has 9 amide bonds. The van der Waals surface area contributed by atoms with Gasteiger partial charge in [-0.3, -0.25) is 38.9 Å². The molecule has 12 rings (SSSR count). The number of likely N-dealkylation sites (N-methyl/N-ethyl adjacent to an activating group) is 1. The molecule has 4 heterocycles. The monoisotopic (exact) mass is 2190 g/mol. The molecule has 7 aliphatic rings. The van der Waals surface area contributed by atoms with E-state index in [0.717, 1.165) is 46.0 Å². The highest BCUT2D eigenvalue weighted by molar-refractivity contribution is 14.1. The van der Waals surface area contributed by atoms with Crippen molar-refractivity contribution in [3.05, 3.63) is 170 Å². The van der Waals surface area contributed by atoms with Crippen molar-refractivity contribution in [3.63, 3.8) is 0 Å². The molecule has 0 saturated carbocycles. The number of hydrogen-bond donors (Lipinski definition) is 14. The summed E-state index contributed by atoms with van der Waals surface area (Å²) in [6.45, 7) is 12.7. The van der Waals surface area contributed by atoms with Crippen molar-refractivity contribution in [2.24, 2.45) is 11.7 Å². The van der Waals surface area contributed by atoms with Crippen LogP contribution in [0.1, 0.15) is 138 Å². The first-order valence-corrected chi connectivity index (χ1v) is 52.1. The second kappa shape index (κ2) is 54.0. The van der Waals surface area contributed by atoms with Crippen LogP contribution in [0, 0.1) is 40.1 Å². The van der Waals surface area contributed by atoms with Crippen LogP contribution < -0.4 is 62.6 Å². The number of carbonyl (C=O) groups excluding carboxylic acids is 10. The van der Waals surface area contributed by atoms with Crippen molar-refractivity contribution in [2.45, 2.75) is 258 Å². The zero-order chi connectivity index (χ0) is 105. The fourth-order valence-corrected chi connectivity index (χ4v) is 21.8. The van der Waals surface area contributed by atoms with Crippen LogP contribution in [-0.2, 0) is 87.5 Å². The van der Waals surface area contributed by atoms with Crippen molar-refractivity contribution in [3.8, 4) is 52.1 Å². The summed E-state index contributed by atoms with van der Waals surface area (Å²) in [6.07, 6.45) is -17.3. The zero-order valence-corrected chi connectivity index (χ0v) is 87.6. The molecule has 22 atom stereocenters. The number of anilines is 1. The van der Waals surface area contributed by atoms with Gasteiger partial charge in [0.2, 0.25) is 40.8 Å². The number of ether oxygens (including phenoxy) is 14. The summed E-state index contributed by atoms with van der Waals surface area (Å²) < 4.78 is 85.6. The molecule has 0 radical (unpaired) electrons. The van der Waals surface area contributed by atoms with E-state index in [2.05, 4.69) is 66.4 Å². The number of aliphatic hydroxyl groups excluding tert-OH is 4. The maximum absolute atomic E-state index is 14.7. The number of aliphatic hydroxyl groups is 5. The quantitative estimate of drug-likeness (QED) is 0.00436. The number of hydroxylamine groups is 1. The second-order valence-electron chi connectivity index (χ2n) is 35.9. The van der Waals surface area contributed by atoms with Crippen LogP contribution in [0.4, 0.5) is 24.9 Å². The SMILES string of the molecule is CCN(C(=O)OCc1ccc(NC(=O)[C@H](CCCNC(N)=O)NC(=O)[C@@H](NC(=O)[C@H](CCCCNC(=O)OCC2c3ccccc3-c3ccccc32)NC(C)=O)C(C)C)cc1)[C@H]1CO[C@@H](O[C@H]2[C@H](O[C@H]3C#CC=CC#C[C@]4(O)CC(=O)C(NC(=O)OC)=C3/C4=C\CSSc3ccccc3)O[C@H](C)[C@@H](NO[C@H]3C[C@H](O)[C@H](SC(=O)c4c(C)c(I)c(O[C@@H]5O[C@@H](C)[C@H](O)[C@@H](OC)[C@H]5O)c(OC)c4OC)[C@@H](C)O3)[C@@H]2O)C[C@@H]1OC. The van der Waals surface area contributed by atoms with E-state index in [0.29, 0.717) is 27.5 Å². The third-order valence-corrected chi connectivity index (χ3v) is 30.6. The molecule has 0 spiro atoms. The minimum absolute atomic E-state index is 0.00795. The molecule has 15 N–H and O–H groups in total. The molecule has 5 aromatic rings. The summed E-state index contributed by atoms with van der Waals surface area (Å²) in [6, 6.07) is 25.3. The van der Waals surface area contributed by atoms with Crippen molar-refractivity contribution in [2.75, 3.05) is 79.5 Å². The van der Waals surface area contributed by atoms with Crippen LogP contribution in [0.15, 0.2) is 143 Å². The van der Waals surface area contributed by atoms with Crippen LogP contribution >= 0.6 is 55.9 Å². The highest BCUT2D eigenvalue weighted by atomic mass is 127. The van der Waals surface area contributed by atoms with Gasteiger partial charge in [0.05, 0.1) is 97.0 Å². The van der Waals surface area contributed by atoms with Crippen molar-refractivity contribution in [1.82, 2.24) is 42.3 Å². The Balaban J connectivity index is 0.704. The molecule has 2 bridgehead atoms. The predicted molar refractivity (Wildman–Crippen MR) is 545 cm³/mol. The Morgan fingerprint density at radius 1 is 0.692 bits per heavy atom. The van der Waals surface area contributed by atoms with E-state index in [1.165, 1.54) is 74.0 Å². The number of thioether (sulfide) groups is 1. The first-order valence-electron chi connectivity index (χ1n) is 47.8. The van der Waals surface area contributed by atoms with Gasteiger partial charge in [-0.15, -0.1) is 0 Å². The summed E-state index contributed by atoms with van der Waals surface area (Å²) in [5.74, 6) is 7.76. The van der Waals surface area contributed by atoms with Gasteiger partial charge in [-0.25, -0.2) is 19.2 Å². The van der Waals surface area contributed by atoms with Gasteiger partial charge >= 0.3 is 24.3 Å². The van der Waals surface area contributed by atoms with Crippen LogP contribution in [-0.4, -0.2) is 297 Å². The summed E-state index contributed by atoms with van der Waals surface area (Å²) in [7, 11) is 9.35. The predicted octanol–water partition coefficient (Wildman–Crippen LogP) is 8.25. The van der Waals surface area contributed by atoms with E-state index in [1.54, 1.807) is 78.8 Å². The third kappa shape index (κ3) is 28.9. The maximum Gasteiger partial charge on any atom is 0.411 e. The number of halogens is 1. The van der Waals surface area contributed by atoms with E-state index in [9.17, 15) is 73.5 Å². The van der Waals surface area contributed by atoms with Gasteiger partial charge in [0.25, 0.3) is 0 Å². The van der Waals surface area contributed by atoms with Gasteiger partial charge < -0.3 is 134 Å². The minimum atomic E-state index is -2.21. The average molecular weight is 2200 g/mol. The van der Waals surface area contributed by atoms with Gasteiger partial charge in [0.15, 0.2) is 41.8 Å². The summed E-state index contributed by atoms with van der Waals surface area (Å²) in [4.78, 5) is 146. The van der Waals surface area contributed by atoms with E-state index >= 15 is 0 Å². The first-order chi connectivity index (χ1) is 70.0. The number of methoxy groups -OCH3 is 5. The number of allylic oxidation sites excluding steroid dienone is 3. The smallest absolute Gasteiger partial charge is 0.411 e. The molecule has 44 heteroatoms. The fraction of sp³-hybridized carbons (Fsp3) is 0.510. The number of fused-ring (bicyclic) bond motifs is 5. The number of nitrogens with one attached hydrogen (secondary N) is 8. The number of ketones is 1. The van der Waals surface area contributed by atoms with Gasteiger partial charge in [0, 0.05) is 87.0 Å². The maximum atomic E-state index is 14.7. The summed E-state index contributed by atoms with van der Waals surface area (Å²) >= 11 is 2.75. The van der Waals surface area contributed by atoms with Gasteiger partial charge in [-0.2, -0.15) is 5.48 Å². The van der Waals surface area contributed by atoms with Crippen LogP contribution in [0.25, 0.3) is 11.1 Å². The van der Waals surface area contributed by atoms with E-state index in [-0.39, 0.29) is 129 Å². The number of nitrogens with two attached hydrogens (primary N) is 1. The Labute approximate surface area is 872 Å². The highest BCUT2D eigenvalue weighted by Gasteiger charge is 2.54. The number of benzene rings is 5. The Bertz CT molecular complexity index is 5610. The molecular formula is C102H127IN10O30S3. The molecule has 0 unspecified atom stereocenters. The Hall–Kier alpha value is -10.7. The zero-order valence-electron chi connectivity index (χ0n) is 83.0. The standard InChI is InChI=1S/C102H127IN10O30S3/c1-14-113(101(127)136-50-59-38-40-60(41-39-59)108-92(120)69(36-28-45-105-98(104)124)109-94(122)80(53(2)3)110-93(121)68(107-58(8)114)35-25-27-44-106-99(125)135-51-66-64-33-23-21-31-62(64)63-32-22-24-34-65(63)66)70-52-134-75(48-74(70)129-9)141-89-84(118)81(55(5)138-97(89)140-73-37-20-15-16-26-43-102(128)49-72(116)82(111-100(126)133-13)78(73)67(102)42-46-144-146-61-29-18-17-19-30-61)112-143-76-47-71(115)91(57(7)137-76)145-95(123)77-54(4)79(103)87(90(132-12)86(77)130-10)142-96-85(119)88(131-11)83(117)56(6)139-96/h15-19,21-24,29-34,38-42,53,55-57,66,68-71,73-76,80-81,83-85,88-89,91,96-97,112,115,117-119,128H,14,25,27-28,35-36,44-52H2,1-13H3,(H,106,125)(H,107,114)(H,108,120)(H,109,122)(H,110,121)(H,111,126)(H3,104,105,124)/b16-15?,67-42+/t55-,56+,57-,68+,69+,70+,71+,73+,74+,75+,76+,80+,81-,83+,84+,85-,88-,89-,91-,96+,97+,102+/m1/s1. The average Bonchev–Trinajstić information content (AvgIpc) is 1.36. The van der Waals surface area contributed by atoms with Crippen molar-refractivity contribution in [1.29, 1.82) is 0 Å². The number of Topliss-reactive ketones (excluding diaryl/α,β-unsaturated/α-hetero) is 1. The van der Waals surface area contributed by atoms with Gasteiger partial charge in [0.1, 0.15) is 68.0 Å². The molecule has 4 saturated heterocycles. The van der Waals surface area contributed by atoms with Crippen LogP contribution in [0.3, 0.4) is 0 Å². The lowest BCUT2D eigenvalue weighted by Crippen LogP contribution is -2.65. The highest BCUT2D eigenvalue weighted by Crippen LogP contribution is 2.51. The molecule has 4 fully saturated rings. The number of hydrogen-bond acceptors (Lipinski definition) is 34. The minimum Gasteiger partial charge on any atom is -0.492 e. The third-order valence-electron chi connectivity index (χ3n) is 25.7. The van der Waals surface area contributed by atoms with Gasteiger partial charge in [-0.1, -0.05) is 156 Å². The number of carbonyl (C=O) groups is 10. The van der Waals surface area contributed by atoms with Crippen molar-refractivity contribution < 1.29 is 145 Å². The molecule has 5 aromatic carbocycles. The molecule has 4 aliphatic heterocycles. The Morgan fingerprint density at radius 2 is 1.36 bits per heavy atom. The molecular weight excluding hydrogens is 2070 g/mol. The van der Waals surface area contributed by atoms with E-state index in [4.69, 9.17) is 76.9 Å². The molecule has 0 aromatic heterocycles. The topological polar surface area (TPSA) is 536 Å². The van der Waals surface area contributed by atoms with Crippen LogP contribution in [0.2, 0.25) is 0 Å². The largest absolute Gasteiger partial charge is 0.492 e. The first kappa shape index (κ1) is 114. The lowest BCUT2D eigenvalue weighted by Gasteiger charge is -2.47. The normalized spacial score (nSPS) is 26.1. The number of amides is 9. The molecule has 40 nitrogen and oxygen atoms in total. The van der Waals surface area contributed by atoms with E-state index < -0.39 is 205 Å².